The SMILES string of the molecule is COc1ccc(OC)c(C2CCN(C(=O)CCc3nc(N)n[nH]3)C2)c1. The Morgan fingerprint density at radius 2 is 2.24 bits per heavy atom. The summed E-state index contributed by atoms with van der Waals surface area (Å²) in [6, 6.07) is 5.78. The quantitative estimate of drug-likeness (QED) is 0.818. The fourth-order valence-corrected chi connectivity index (χ4v) is 3.20. The van der Waals surface area contributed by atoms with Crippen LogP contribution in [0, 0.1) is 0 Å². The molecule has 1 amide bonds. The molecule has 0 aliphatic carbocycles. The molecule has 1 fully saturated rings. The summed E-state index contributed by atoms with van der Waals surface area (Å²) in [5, 5.41) is 6.50. The Hall–Kier alpha value is -2.77. The van der Waals surface area contributed by atoms with Crippen LogP contribution in [0.4, 0.5) is 5.95 Å². The summed E-state index contributed by atoms with van der Waals surface area (Å²) in [6.07, 6.45) is 1.80. The highest BCUT2D eigenvalue weighted by molar-refractivity contribution is 5.76. The zero-order valence-corrected chi connectivity index (χ0v) is 14.5. The lowest BCUT2D eigenvalue weighted by atomic mass is 9.97. The van der Waals surface area contributed by atoms with Crippen LogP contribution in [0.2, 0.25) is 0 Å². The van der Waals surface area contributed by atoms with Gasteiger partial charge in [-0.1, -0.05) is 0 Å². The molecule has 3 rings (SSSR count). The van der Waals surface area contributed by atoms with Crippen LogP contribution in [0.15, 0.2) is 18.2 Å². The molecule has 1 saturated heterocycles. The zero-order chi connectivity index (χ0) is 17.8. The first-order chi connectivity index (χ1) is 12.1. The van der Waals surface area contributed by atoms with Crippen molar-refractivity contribution in [3.05, 3.63) is 29.6 Å². The lowest BCUT2D eigenvalue weighted by molar-refractivity contribution is -0.130. The third-order valence-electron chi connectivity index (χ3n) is 4.54. The number of ether oxygens (including phenoxy) is 2. The predicted molar refractivity (Wildman–Crippen MR) is 92.6 cm³/mol. The van der Waals surface area contributed by atoms with Crippen LogP contribution in [-0.4, -0.2) is 53.3 Å². The summed E-state index contributed by atoms with van der Waals surface area (Å²) >= 11 is 0. The van der Waals surface area contributed by atoms with Gasteiger partial charge in [0.1, 0.15) is 17.3 Å². The van der Waals surface area contributed by atoms with E-state index in [0.717, 1.165) is 30.0 Å². The van der Waals surface area contributed by atoms with Gasteiger partial charge >= 0.3 is 0 Å². The molecule has 8 nitrogen and oxygen atoms in total. The van der Waals surface area contributed by atoms with Crippen molar-refractivity contribution in [3.8, 4) is 11.5 Å². The number of aromatic nitrogens is 3. The van der Waals surface area contributed by atoms with E-state index < -0.39 is 0 Å². The van der Waals surface area contributed by atoms with E-state index in [4.69, 9.17) is 15.2 Å². The number of carbonyl (C=O) groups excluding carboxylic acids is 1. The summed E-state index contributed by atoms with van der Waals surface area (Å²) in [6.45, 7) is 1.42. The first-order valence-electron chi connectivity index (χ1n) is 8.27. The smallest absolute Gasteiger partial charge is 0.239 e. The van der Waals surface area contributed by atoms with Gasteiger partial charge in [0.2, 0.25) is 11.9 Å². The largest absolute Gasteiger partial charge is 0.497 e. The van der Waals surface area contributed by atoms with Gasteiger partial charge in [-0.15, -0.1) is 5.10 Å². The summed E-state index contributed by atoms with van der Waals surface area (Å²) in [4.78, 5) is 18.4. The molecule has 2 heterocycles. The molecule has 2 aromatic rings. The van der Waals surface area contributed by atoms with Crippen LogP contribution >= 0.6 is 0 Å². The van der Waals surface area contributed by atoms with Gasteiger partial charge in [0.05, 0.1) is 14.2 Å². The first kappa shape index (κ1) is 17.1. The van der Waals surface area contributed by atoms with E-state index in [0.29, 0.717) is 25.2 Å². The number of H-pyrrole nitrogens is 1. The van der Waals surface area contributed by atoms with Gasteiger partial charge in [0.25, 0.3) is 0 Å². The fourth-order valence-electron chi connectivity index (χ4n) is 3.20. The molecule has 1 unspecified atom stereocenters. The number of nitrogens with one attached hydrogen (secondary N) is 1. The highest BCUT2D eigenvalue weighted by atomic mass is 16.5. The van der Waals surface area contributed by atoms with Crippen LogP contribution in [0.5, 0.6) is 11.5 Å². The number of methoxy groups -OCH3 is 2. The zero-order valence-electron chi connectivity index (χ0n) is 14.5. The number of anilines is 1. The number of rotatable bonds is 6. The molecule has 3 N–H and O–H groups in total. The second-order valence-corrected chi connectivity index (χ2v) is 6.07. The van der Waals surface area contributed by atoms with Crippen LogP contribution in [0.25, 0.3) is 0 Å². The third kappa shape index (κ3) is 3.84. The first-order valence-corrected chi connectivity index (χ1v) is 8.27. The number of amides is 1. The second kappa shape index (κ2) is 7.42. The number of hydrogen-bond donors (Lipinski definition) is 2. The van der Waals surface area contributed by atoms with Crippen molar-refractivity contribution >= 4 is 11.9 Å². The van der Waals surface area contributed by atoms with Gasteiger partial charge in [-0.25, -0.2) is 0 Å². The molecule has 1 aromatic heterocycles. The Balaban J connectivity index is 1.62. The highest BCUT2D eigenvalue weighted by Gasteiger charge is 2.29. The molecule has 0 saturated carbocycles. The molecule has 1 atom stereocenters. The lowest BCUT2D eigenvalue weighted by Gasteiger charge is -2.18. The maximum absolute atomic E-state index is 12.5. The standard InChI is InChI=1S/C17H23N5O3/c1-24-12-3-4-14(25-2)13(9-12)11-7-8-22(10-11)16(23)6-5-15-19-17(18)21-20-15/h3-4,9,11H,5-8,10H2,1-2H3,(H3,18,19,20,21). The molecule has 0 spiro atoms. The van der Waals surface area contributed by atoms with E-state index in [1.807, 2.05) is 23.1 Å². The van der Waals surface area contributed by atoms with Crippen molar-refractivity contribution in [2.45, 2.75) is 25.2 Å². The maximum atomic E-state index is 12.5. The van der Waals surface area contributed by atoms with E-state index in [1.54, 1.807) is 14.2 Å². The van der Waals surface area contributed by atoms with E-state index in [2.05, 4.69) is 15.2 Å². The number of nitrogen functional groups attached to an aromatic ring is 1. The second-order valence-electron chi connectivity index (χ2n) is 6.07. The molecule has 0 bridgehead atoms. The number of aromatic amines is 1. The number of carbonyl (C=O) groups is 1. The number of benzene rings is 1. The van der Waals surface area contributed by atoms with Crippen LogP contribution in [-0.2, 0) is 11.2 Å². The van der Waals surface area contributed by atoms with E-state index in [-0.39, 0.29) is 17.8 Å². The summed E-state index contributed by atoms with van der Waals surface area (Å²) in [5.74, 6) is 2.82. The van der Waals surface area contributed by atoms with Crippen molar-refractivity contribution in [2.24, 2.45) is 0 Å². The lowest BCUT2D eigenvalue weighted by Crippen LogP contribution is -2.28. The fraction of sp³-hybridized carbons (Fsp3) is 0.471. The van der Waals surface area contributed by atoms with Crippen molar-refractivity contribution in [2.75, 3.05) is 33.0 Å². The van der Waals surface area contributed by atoms with Gasteiger partial charge < -0.3 is 20.1 Å². The average molecular weight is 345 g/mol. The number of aryl methyl sites for hydroxylation is 1. The molecule has 0 radical (unpaired) electrons. The number of hydrogen-bond acceptors (Lipinski definition) is 6. The summed E-state index contributed by atoms with van der Waals surface area (Å²) < 4.78 is 10.8. The molecule has 1 aliphatic rings. The number of nitrogens with zero attached hydrogens (tertiary/aromatic N) is 3. The van der Waals surface area contributed by atoms with Crippen LogP contribution in [0.3, 0.4) is 0 Å². The van der Waals surface area contributed by atoms with Crippen molar-refractivity contribution in [1.29, 1.82) is 0 Å². The summed E-state index contributed by atoms with van der Waals surface area (Å²) in [5.41, 5.74) is 6.55. The monoisotopic (exact) mass is 345 g/mol. The topological polar surface area (TPSA) is 106 Å². The Bertz CT molecular complexity index is 746. The normalized spacial score (nSPS) is 16.9. The Morgan fingerprint density at radius 1 is 1.40 bits per heavy atom. The Morgan fingerprint density at radius 3 is 2.92 bits per heavy atom. The van der Waals surface area contributed by atoms with Crippen molar-refractivity contribution in [3.63, 3.8) is 0 Å². The van der Waals surface area contributed by atoms with E-state index in [9.17, 15) is 4.79 Å². The van der Waals surface area contributed by atoms with Crippen molar-refractivity contribution in [1.82, 2.24) is 20.1 Å². The minimum absolute atomic E-state index is 0.110. The third-order valence-corrected chi connectivity index (χ3v) is 4.54. The molecule has 1 aromatic carbocycles. The number of nitrogens with two attached hydrogens (primary N) is 1. The van der Waals surface area contributed by atoms with Crippen LogP contribution in [0.1, 0.15) is 30.1 Å². The molecule has 8 heteroatoms. The van der Waals surface area contributed by atoms with Gasteiger partial charge in [-0.05, 0) is 24.6 Å². The van der Waals surface area contributed by atoms with Crippen molar-refractivity contribution < 1.29 is 14.3 Å². The van der Waals surface area contributed by atoms with Crippen LogP contribution < -0.4 is 15.2 Å². The average Bonchev–Trinajstić information content (AvgIpc) is 3.28. The molecule has 1 aliphatic heterocycles. The molecular formula is C17H23N5O3. The van der Waals surface area contributed by atoms with E-state index in [1.165, 1.54) is 0 Å². The number of likely N-dealkylation sites (tertiary alicyclic amines) is 1. The molecule has 134 valence electrons. The Labute approximate surface area is 146 Å². The molecular weight excluding hydrogens is 322 g/mol. The maximum Gasteiger partial charge on any atom is 0.239 e. The Kier molecular flexibility index (Phi) is 5.06. The van der Waals surface area contributed by atoms with E-state index >= 15 is 0 Å². The minimum Gasteiger partial charge on any atom is -0.497 e. The van der Waals surface area contributed by atoms with Gasteiger partial charge in [-0.2, -0.15) is 4.98 Å². The summed E-state index contributed by atoms with van der Waals surface area (Å²) in [7, 11) is 3.30. The van der Waals surface area contributed by atoms with Gasteiger partial charge in [0, 0.05) is 37.4 Å². The minimum atomic E-state index is 0.110. The predicted octanol–water partition coefficient (Wildman–Crippen LogP) is 1.35. The van der Waals surface area contributed by atoms with Gasteiger partial charge in [-0.3, -0.25) is 9.89 Å². The van der Waals surface area contributed by atoms with Gasteiger partial charge in [0.15, 0.2) is 0 Å². The molecule has 25 heavy (non-hydrogen) atoms. The highest BCUT2D eigenvalue weighted by Crippen LogP contribution is 2.36.